The summed E-state index contributed by atoms with van der Waals surface area (Å²) in [5, 5.41) is 12.0. The zero-order chi connectivity index (χ0) is 17.6. The van der Waals surface area contributed by atoms with Crippen LogP contribution < -0.4 is 5.32 Å². The fraction of sp³-hybridized carbons (Fsp3) is 0.556. The number of rotatable bonds is 7. The molecule has 0 radical (unpaired) electrons. The number of amides is 1. The van der Waals surface area contributed by atoms with Crippen LogP contribution in [0.2, 0.25) is 0 Å². The van der Waals surface area contributed by atoms with E-state index in [1.54, 1.807) is 12.1 Å². The maximum absolute atomic E-state index is 13.7. The summed E-state index contributed by atoms with van der Waals surface area (Å²) in [5.41, 5.74) is -0.239. The Morgan fingerprint density at radius 1 is 1.33 bits per heavy atom. The molecular weight excluding hydrogens is 313 g/mol. The van der Waals surface area contributed by atoms with Crippen LogP contribution in [0.5, 0.6) is 0 Å². The average Bonchev–Trinajstić information content (AvgIpc) is 2.58. The molecule has 0 spiro atoms. The highest BCUT2D eigenvalue weighted by Gasteiger charge is 2.42. The normalized spacial score (nSPS) is 17.9. The molecule has 0 saturated heterocycles. The Balaban J connectivity index is 2.26. The van der Waals surface area contributed by atoms with E-state index in [2.05, 4.69) is 5.32 Å². The molecule has 1 aliphatic carbocycles. The van der Waals surface area contributed by atoms with Crippen molar-refractivity contribution in [3.63, 3.8) is 0 Å². The van der Waals surface area contributed by atoms with Gasteiger partial charge in [-0.05, 0) is 30.5 Å². The van der Waals surface area contributed by atoms with E-state index in [4.69, 9.17) is 4.74 Å². The summed E-state index contributed by atoms with van der Waals surface area (Å²) in [4.78, 5) is 24.4. The van der Waals surface area contributed by atoms with E-state index in [1.807, 2.05) is 0 Å². The first-order valence-electron chi connectivity index (χ1n) is 8.28. The van der Waals surface area contributed by atoms with Gasteiger partial charge in [-0.2, -0.15) is 0 Å². The van der Waals surface area contributed by atoms with E-state index < -0.39 is 17.4 Å². The van der Waals surface area contributed by atoms with Crippen LogP contribution >= 0.6 is 0 Å². The highest BCUT2D eigenvalue weighted by Crippen LogP contribution is 2.40. The molecule has 1 aromatic rings. The number of methoxy groups -OCH3 is 1. The molecule has 0 heterocycles. The molecule has 1 amide bonds. The number of halogens is 1. The van der Waals surface area contributed by atoms with Crippen molar-refractivity contribution < 1.29 is 23.8 Å². The molecule has 1 aliphatic rings. The number of nitrogens with one attached hydrogen (secondary N) is 1. The van der Waals surface area contributed by atoms with Crippen LogP contribution in [0, 0.1) is 5.82 Å². The number of carbonyl (C=O) groups excluding carboxylic acids is 1. The number of benzene rings is 1. The van der Waals surface area contributed by atoms with Crippen molar-refractivity contribution in [2.45, 2.75) is 50.0 Å². The maximum atomic E-state index is 13.7. The van der Waals surface area contributed by atoms with Crippen molar-refractivity contribution in [3.05, 3.63) is 35.6 Å². The highest BCUT2D eigenvalue weighted by molar-refractivity contribution is 5.91. The number of hydrogen-bond acceptors (Lipinski definition) is 3. The van der Waals surface area contributed by atoms with Crippen molar-refractivity contribution in [2.24, 2.45) is 0 Å². The van der Waals surface area contributed by atoms with Crippen molar-refractivity contribution in [3.8, 4) is 0 Å². The molecular formula is C18H24FNO4. The van der Waals surface area contributed by atoms with Gasteiger partial charge in [0.2, 0.25) is 5.91 Å². The first-order chi connectivity index (χ1) is 11.5. The Morgan fingerprint density at radius 3 is 2.62 bits per heavy atom. The van der Waals surface area contributed by atoms with Gasteiger partial charge in [0, 0.05) is 20.1 Å². The summed E-state index contributed by atoms with van der Waals surface area (Å²) in [7, 11) is 1.48. The largest absolute Gasteiger partial charge is 0.480 e. The van der Waals surface area contributed by atoms with Crippen molar-refractivity contribution in [1.82, 2.24) is 5.32 Å². The fourth-order valence-electron chi connectivity index (χ4n) is 3.38. The number of aliphatic carboxylic acids is 1. The predicted molar refractivity (Wildman–Crippen MR) is 87.2 cm³/mol. The molecule has 1 saturated carbocycles. The molecule has 0 aromatic heterocycles. The highest BCUT2D eigenvalue weighted by atomic mass is 19.1. The molecule has 5 nitrogen and oxygen atoms in total. The Morgan fingerprint density at radius 2 is 2.04 bits per heavy atom. The monoisotopic (exact) mass is 337 g/mol. The van der Waals surface area contributed by atoms with Gasteiger partial charge in [0.15, 0.2) is 0 Å². The Labute approximate surface area is 141 Å². The van der Waals surface area contributed by atoms with Gasteiger partial charge in [-0.3, -0.25) is 4.79 Å². The van der Waals surface area contributed by atoms with Gasteiger partial charge in [0.1, 0.15) is 11.9 Å². The molecule has 0 bridgehead atoms. The zero-order valence-electron chi connectivity index (χ0n) is 13.9. The second-order valence-corrected chi connectivity index (χ2v) is 6.30. The molecule has 2 rings (SSSR count). The van der Waals surface area contributed by atoms with E-state index in [1.165, 1.54) is 19.2 Å². The van der Waals surface area contributed by atoms with Gasteiger partial charge in [-0.15, -0.1) is 0 Å². The molecule has 1 aromatic carbocycles. The lowest BCUT2D eigenvalue weighted by atomic mass is 9.68. The minimum atomic E-state index is -1.09. The zero-order valence-corrected chi connectivity index (χ0v) is 13.9. The van der Waals surface area contributed by atoms with Gasteiger partial charge in [-0.25, -0.2) is 9.18 Å². The Hall–Kier alpha value is -1.95. The second-order valence-electron chi connectivity index (χ2n) is 6.30. The van der Waals surface area contributed by atoms with E-state index in [9.17, 15) is 19.1 Å². The minimum absolute atomic E-state index is 0.191. The van der Waals surface area contributed by atoms with Crippen LogP contribution in [0.25, 0.3) is 0 Å². The summed E-state index contributed by atoms with van der Waals surface area (Å²) in [6, 6.07) is 5.06. The van der Waals surface area contributed by atoms with Crippen molar-refractivity contribution >= 4 is 11.9 Å². The molecule has 1 fully saturated rings. The third kappa shape index (κ3) is 4.12. The van der Waals surface area contributed by atoms with Gasteiger partial charge >= 0.3 is 5.97 Å². The van der Waals surface area contributed by atoms with Crippen LogP contribution in [0.1, 0.15) is 44.1 Å². The summed E-state index contributed by atoms with van der Waals surface area (Å²) in [6.45, 7) is 0.240. The Kier molecular flexibility index (Phi) is 6.31. The minimum Gasteiger partial charge on any atom is -0.480 e. The SMILES string of the molecule is COCCC(NC(=O)C1(c2cccc(F)c2)CCCCC1)C(=O)O. The van der Waals surface area contributed by atoms with Gasteiger partial charge < -0.3 is 15.2 Å². The van der Waals surface area contributed by atoms with Crippen molar-refractivity contribution in [1.29, 1.82) is 0 Å². The molecule has 1 unspecified atom stereocenters. The summed E-state index contributed by atoms with van der Waals surface area (Å²) in [6.07, 6.45) is 4.13. The molecule has 24 heavy (non-hydrogen) atoms. The number of carboxylic acid groups (broad SMARTS) is 1. The fourth-order valence-corrected chi connectivity index (χ4v) is 3.38. The molecule has 1 atom stereocenters. The number of carbonyl (C=O) groups is 2. The van der Waals surface area contributed by atoms with Crippen LogP contribution in [0.4, 0.5) is 4.39 Å². The second kappa shape index (κ2) is 8.24. The summed E-state index contributed by atoms with van der Waals surface area (Å²) >= 11 is 0. The predicted octanol–water partition coefficient (Wildman–Crippen LogP) is 2.63. The standard InChI is InChI=1S/C18H24FNO4/c1-24-11-8-15(16(21)22)20-17(23)18(9-3-2-4-10-18)13-6-5-7-14(19)12-13/h5-7,12,15H,2-4,8-11H2,1H3,(H,20,23)(H,21,22). The lowest BCUT2D eigenvalue weighted by molar-refractivity contribution is -0.143. The van der Waals surface area contributed by atoms with Crippen molar-refractivity contribution in [2.75, 3.05) is 13.7 Å². The van der Waals surface area contributed by atoms with Gasteiger partial charge in [0.25, 0.3) is 0 Å². The number of ether oxygens (including phenoxy) is 1. The lowest BCUT2D eigenvalue weighted by Gasteiger charge is -2.37. The third-order valence-corrected chi connectivity index (χ3v) is 4.73. The topological polar surface area (TPSA) is 75.6 Å². The van der Waals surface area contributed by atoms with E-state index in [-0.39, 0.29) is 24.8 Å². The number of hydrogen-bond donors (Lipinski definition) is 2. The summed E-state index contributed by atoms with van der Waals surface area (Å²) in [5.74, 6) is -1.82. The molecule has 6 heteroatoms. The quantitative estimate of drug-likeness (QED) is 0.802. The third-order valence-electron chi connectivity index (χ3n) is 4.73. The van der Waals surface area contributed by atoms with E-state index in [0.29, 0.717) is 18.4 Å². The van der Waals surface area contributed by atoms with Gasteiger partial charge in [0.05, 0.1) is 5.41 Å². The molecule has 2 N–H and O–H groups in total. The smallest absolute Gasteiger partial charge is 0.326 e. The Bertz CT molecular complexity index is 584. The first kappa shape index (κ1) is 18.4. The number of carboxylic acids is 1. The van der Waals surface area contributed by atoms with Crippen LogP contribution in [0.15, 0.2) is 24.3 Å². The average molecular weight is 337 g/mol. The van der Waals surface area contributed by atoms with Crippen LogP contribution in [-0.2, 0) is 19.7 Å². The van der Waals surface area contributed by atoms with Gasteiger partial charge in [-0.1, -0.05) is 31.4 Å². The van der Waals surface area contributed by atoms with Crippen LogP contribution in [-0.4, -0.2) is 36.7 Å². The van der Waals surface area contributed by atoms with E-state index in [0.717, 1.165) is 19.3 Å². The van der Waals surface area contributed by atoms with E-state index >= 15 is 0 Å². The maximum Gasteiger partial charge on any atom is 0.326 e. The molecule has 0 aliphatic heterocycles. The lowest BCUT2D eigenvalue weighted by Crippen LogP contribution is -2.51. The van der Waals surface area contributed by atoms with Crippen LogP contribution in [0.3, 0.4) is 0 Å². The first-order valence-corrected chi connectivity index (χ1v) is 8.28. The molecule has 132 valence electrons. The summed E-state index contributed by atoms with van der Waals surface area (Å²) < 4.78 is 18.6.